The molecule has 2 atom stereocenters. The van der Waals surface area contributed by atoms with E-state index < -0.39 is 5.60 Å². The zero-order valence-electron chi connectivity index (χ0n) is 13.6. The summed E-state index contributed by atoms with van der Waals surface area (Å²) >= 11 is 0. The van der Waals surface area contributed by atoms with Crippen molar-refractivity contribution in [3.05, 3.63) is 48.6 Å². The Kier molecular flexibility index (Phi) is 6.47. The molecule has 1 N–H and O–H groups in total. The first kappa shape index (κ1) is 17.3. The number of benzene rings is 1. The van der Waals surface area contributed by atoms with Crippen molar-refractivity contribution in [2.45, 2.75) is 58.1 Å². The second kappa shape index (κ2) is 7.87. The van der Waals surface area contributed by atoms with E-state index in [1.54, 1.807) is 0 Å². The quantitative estimate of drug-likeness (QED) is 0.774. The molecule has 0 aliphatic rings. The van der Waals surface area contributed by atoms with Gasteiger partial charge >= 0.3 is 6.09 Å². The van der Waals surface area contributed by atoms with Crippen molar-refractivity contribution in [2.75, 3.05) is 0 Å². The minimum Gasteiger partial charge on any atom is -0.444 e. The van der Waals surface area contributed by atoms with Crippen LogP contribution in [0.3, 0.4) is 0 Å². The van der Waals surface area contributed by atoms with E-state index in [4.69, 9.17) is 4.74 Å². The molecule has 0 aliphatic heterocycles. The average Bonchev–Trinajstić information content (AvgIpc) is 2.36. The van der Waals surface area contributed by atoms with Crippen molar-refractivity contribution in [2.24, 2.45) is 0 Å². The smallest absolute Gasteiger partial charge is 0.407 e. The van der Waals surface area contributed by atoms with E-state index in [0.29, 0.717) is 5.92 Å². The van der Waals surface area contributed by atoms with Crippen molar-refractivity contribution >= 4 is 6.09 Å². The van der Waals surface area contributed by atoms with Gasteiger partial charge in [-0.3, -0.25) is 0 Å². The zero-order valence-corrected chi connectivity index (χ0v) is 13.6. The molecule has 21 heavy (non-hydrogen) atoms. The standard InChI is InChI=1S/C18H27NO2/c1-6-10-16(15-11-8-7-9-12-15)13-14(2)19-17(20)21-18(3,4)5/h6-9,11-12,14,16H,1,10,13H2,2-5H3,(H,19,20). The van der Waals surface area contributed by atoms with Crippen LogP contribution in [-0.2, 0) is 4.74 Å². The molecule has 1 amide bonds. The molecule has 3 nitrogen and oxygen atoms in total. The van der Waals surface area contributed by atoms with Gasteiger partial charge in [0.1, 0.15) is 5.60 Å². The van der Waals surface area contributed by atoms with Gasteiger partial charge in [-0.2, -0.15) is 0 Å². The first-order valence-corrected chi connectivity index (χ1v) is 7.47. The van der Waals surface area contributed by atoms with Crippen LogP contribution in [0, 0.1) is 0 Å². The summed E-state index contributed by atoms with van der Waals surface area (Å²) in [5, 5.41) is 2.90. The fourth-order valence-electron chi connectivity index (χ4n) is 2.29. The molecular formula is C18H27NO2. The number of alkyl carbamates (subject to hydrolysis) is 1. The van der Waals surface area contributed by atoms with Crippen molar-refractivity contribution in [3.63, 3.8) is 0 Å². The molecule has 0 heterocycles. The predicted octanol–water partition coefficient (Wildman–Crippen LogP) is 4.65. The summed E-state index contributed by atoms with van der Waals surface area (Å²) < 4.78 is 5.29. The van der Waals surface area contributed by atoms with Gasteiger partial charge < -0.3 is 10.1 Å². The van der Waals surface area contributed by atoms with Crippen LogP contribution in [0.25, 0.3) is 0 Å². The topological polar surface area (TPSA) is 38.3 Å². The number of hydrogen-bond acceptors (Lipinski definition) is 2. The number of ether oxygens (including phenoxy) is 1. The lowest BCUT2D eigenvalue weighted by Crippen LogP contribution is -2.38. The van der Waals surface area contributed by atoms with Gasteiger partial charge in [-0.15, -0.1) is 6.58 Å². The first-order chi connectivity index (χ1) is 9.81. The highest BCUT2D eigenvalue weighted by Gasteiger charge is 2.20. The summed E-state index contributed by atoms with van der Waals surface area (Å²) in [5.74, 6) is 0.355. The lowest BCUT2D eigenvalue weighted by molar-refractivity contribution is 0.0505. The zero-order chi connectivity index (χ0) is 15.9. The van der Waals surface area contributed by atoms with E-state index >= 15 is 0 Å². The Morgan fingerprint density at radius 3 is 2.48 bits per heavy atom. The van der Waals surface area contributed by atoms with Crippen LogP contribution >= 0.6 is 0 Å². The maximum absolute atomic E-state index is 11.8. The van der Waals surface area contributed by atoms with Gasteiger partial charge in [0.2, 0.25) is 0 Å². The van der Waals surface area contributed by atoms with Gasteiger partial charge in [0.15, 0.2) is 0 Å². The molecule has 0 spiro atoms. The molecule has 0 saturated heterocycles. The second-order valence-corrected chi connectivity index (χ2v) is 6.41. The third-order valence-electron chi connectivity index (χ3n) is 3.12. The SMILES string of the molecule is C=CCC(CC(C)NC(=O)OC(C)(C)C)c1ccccc1. The monoisotopic (exact) mass is 289 g/mol. The summed E-state index contributed by atoms with van der Waals surface area (Å²) in [5.41, 5.74) is 0.805. The summed E-state index contributed by atoms with van der Waals surface area (Å²) in [4.78, 5) is 11.8. The van der Waals surface area contributed by atoms with E-state index in [0.717, 1.165) is 12.8 Å². The summed E-state index contributed by atoms with van der Waals surface area (Å²) in [6.45, 7) is 11.4. The summed E-state index contributed by atoms with van der Waals surface area (Å²) in [6.07, 6.45) is 3.32. The molecule has 0 aliphatic carbocycles. The number of carbonyl (C=O) groups excluding carboxylic acids is 1. The Morgan fingerprint density at radius 2 is 1.95 bits per heavy atom. The van der Waals surface area contributed by atoms with Crippen LogP contribution in [0.5, 0.6) is 0 Å². The molecule has 0 radical (unpaired) electrons. The molecule has 0 fully saturated rings. The molecule has 3 heteroatoms. The maximum atomic E-state index is 11.8. The van der Waals surface area contributed by atoms with Crippen molar-refractivity contribution in [1.29, 1.82) is 0 Å². The predicted molar refractivity (Wildman–Crippen MR) is 87.4 cm³/mol. The van der Waals surface area contributed by atoms with Crippen LogP contribution in [-0.4, -0.2) is 17.7 Å². The van der Waals surface area contributed by atoms with E-state index in [1.165, 1.54) is 5.56 Å². The molecule has 0 aromatic heterocycles. The van der Waals surface area contributed by atoms with Gasteiger partial charge in [-0.25, -0.2) is 4.79 Å². The van der Waals surface area contributed by atoms with E-state index in [1.807, 2.05) is 52.0 Å². The maximum Gasteiger partial charge on any atom is 0.407 e. The highest BCUT2D eigenvalue weighted by atomic mass is 16.6. The van der Waals surface area contributed by atoms with Crippen molar-refractivity contribution in [3.8, 4) is 0 Å². The van der Waals surface area contributed by atoms with E-state index in [2.05, 4.69) is 24.0 Å². The van der Waals surface area contributed by atoms with E-state index in [-0.39, 0.29) is 12.1 Å². The van der Waals surface area contributed by atoms with Gasteiger partial charge in [0.05, 0.1) is 0 Å². The van der Waals surface area contributed by atoms with Gasteiger partial charge in [0, 0.05) is 6.04 Å². The average molecular weight is 289 g/mol. The molecule has 2 unspecified atom stereocenters. The van der Waals surface area contributed by atoms with Gasteiger partial charge in [0.25, 0.3) is 0 Å². The number of hydrogen-bond donors (Lipinski definition) is 1. The third kappa shape index (κ3) is 6.98. The first-order valence-electron chi connectivity index (χ1n) is 7.47. The van der Waals surface area contributed by atoms with Gasteiger partial charge in [-0.1, -0.05) is 36.4 Å². The van der Waals surface area contributed by atoms with Crippen LogP contribution in [0.1, 0.15) is 52.0 Å². The number of amides is 1. The fraction of sp³-hybridized carbons (Fsp3) is 0.500. The fourth-order valence-corrected chi connectivity index (χ4v) is 2.29. The third-order valence-corrected chi connectivity index (χ3v) is 3.12. The number of nitrogens with one attached hydrogen (secondary N) is 1. The Morgan fingerprint density at radius 1 is 1.33 bits per heavy atom. The Balaban J connectivity index is 2.59. The second-order valence-electron chi connectivity index (χ2n) is 6.41. The van der Waals surface area contributed by atoms with Gasteiger partial charge in [-0.05, 0) is 52.0 Å². The number of carbonyl (C=O) groups is 1. The molecule has 0 saturated carbocycles. The Labute approximate surface area is 128 Å². The Bertz CT molecular complexity index is 448. The van der Waals surface area contributed by atoms with Crippen LogP contribution < -0.4 is 5.32 Å². The largest absolute Gasteiger partial charge is 0.444 e. The molecule has 1 aromatic carbocycles. The molecule has 0 bridgehead atoms. The molecular weight excluding hydrogens is 262 g/mol. The summed E-state index contributed by atoms with van der Waals surface area (Å²) in [7, 11) is 0. The minimum atomic E-state index is -0.469. The highest BCUT2D eigenvalue weighted by molar-refractivity contribution is 5.68. The van der Waals surface area contributed by atoms with Crippen LogP contribution in [0.15, 0.2) is 43.0 Å². The number of rotatable bonds is 6. The number of allylic oxidation sites excluding steroid dienone is 1. The molecule has 116 valence electrons. The summed E-state index contributed by atoms with van der Waals surface area (Å²) in [6, 6.07) is 10.4. The normalized spacial score (nSPS) is 14.1. The van der Waals surface area contributed by atoms with E-state index in [9.17, 15) is 4.79 Å². The van der Waals surface area contributed by atoms with Crippen LogP contribution in [0.2, 0.25) is 0 Å². The molecule has 1 rings (SSSR count). The lowest BCUT2D eigenvalue weighted by atomic mass is 9.90. The lowest BCUT2D eigenvalue weighted by Gasteiger charge is -2.24. The molecule has 1 aromatic rings. The Hall–Kier alpha value is -1.77. The van der Waals surface area contributed by atoms with Crippen molar-refractivity contribution in [1.82, 2.24) is 5.32 Å². The van der Waals surface area contributed by atoms with Crippen LogP contribution in [0.4, 0.5) is 4.79 Å². The minimum absolute atomic E-state index is 0.0463. The highest BCUT2D eigenvalue weighted by Crippen LogP contribution is 2.25. The van der Waals surface area contributed by atoms with Crippen molar-refractivity contribution < 1.29 is 9.53 Å².